The second-order valence-electron chi connectivity index (χ2n) is 4.00. The van der Waals surface area contributed by atoms with Crippen molar-refractivity contribution < 1.29 is 0 Å². The predicted octanol–water partition coefficient (Wildman–Crippen LogP) is 3.69. The normalized spacial score (nSPS) is 10.9. The minimum atomic E-state index is 0.870. The predicted molar refractivity (Wildman–Crippen MR) is 72.1 cm³/mol. The molecule has 0 atom stereocenters. The molecular weight excluding hydrogens is 276 g/mol. The second kappa shape index (κ2) is 4.34. The van der Waals surface area contributed by atoms with Gasteiger partial charge < -0.3 is 4.40 Å². The summed E-state index contributed by atoms with van der Waals surface area (Å²) in [7, 11) is 0. The number of halogens is 1. The highest BCUT2D eigenvalue weighted by Crippen LogP contribution is 2.14. The molecule has 17 heavy (non-hydrogen) atoms. The van der Waals surface area contributed by atoms with Gasteiger partial charge in [0.2, 0.25) is 0 Å². The molecule has 0 unspecified atom stereocenters. The zero-order valence-corrected chi connectivity index (χ0v) is 10.8. The zero-order chi connectivity index (χ0) is 11.7. The number of imidazole rings is 1. The molecule has 0 N–H and O–H groups in total. The monoisotopic (exact) mass is 286 g/mol. The van der Waals surface area contributed by atoms with Gasteiger partial charge in [0.1, 0.15) is 5.65 Å². The number of fused-ring (bicyclic) bond motifs is 1. The van der Waals surface area contributed by atoms with Crippen molar-refractivity contribution in [3.8, 4) is 0 Å². The molecule has 1 aromatic carbocycles. The van der Waals surface area contributed by atoms with E-state index in [0.717, 1.165) is 22.2 Å². The fourth-order valence-corrected chi connectivity index (χ4v) is 2.15. The summed E-state index contributed by atoms with van der Waals surface area (Å²) in [6, 6.07) is 14.4. The van der Waals surface area contributed by atoms with Crippen LogP contribution in [-0.4, -0.2) is 9.38 Å². The van der Waals surface area contributed by atoms with E-state index < -0.39 is 0 Å². The maximum Gasteiger partial charge on any atom is 0.136 e. The lowest BCUT2D eigenvalue weighted by molar-refractivity contribution is 1.11. The van der Waals surface area contributed by atoms with E-state index in [1.165, 1.54) is 5.56 Å². The van der Waals surface area contributed by atoms with Crippen LogP contribution < -0.4 is 0 Å². The van der Waals surface area contributed by atoms with Crippen LogP contribution in [-0.2, 0) is 6.42 Å². The molecule has 0 bridgehead atoms. The van der Waals surface area contributed by atoms with Crippen molar-refractivity contribution in [1.82, 2.24) is 9.38 Å². The molecule has 3 heteroatoms. The molecule has 0 saturated heterocycles. The fourth-order valence-electron chi connectivity index (χ4n) is 1.88. The van der Waals surface area contributed by atoms with Crippen molar-refractivity contribution in [1.29, 1.82) is 0 Å². The van der Waals surface area contributed by atoms with E-state index in [0.29, 0.717) is 0 Å². The van der Waals surface area contributed by atoms with Crippen LogP contribution in [0.1, 0.15) is 11.3 Å². The summed E-state index contributed by atoms with van der Waals surface area (Å²) < 4.78 is 3.16. The smallest absolute Gasteiger partial charge is 0.136 e. The molecule has 0 radical (unpaired) electrons. The van der Waals surface area contributed by atoms with Crippen LogP contribution in [0.15, 0.2) is 59.3 Å². The summed E-state index contributed by atoms with van der Waals surface area (Å²) in [6.07, 6.45) is 4.97. The van der Waals surface area contributed by atoms with Crippen LogP contribution in [0.4, 0.5) is 0 Å². The van der Waals surface area contributed by atoms with Gasteiger partial charge in [-0.05, 0) is 29.8 Å². The zero-order valence-electron chi connectivity index (χ0n) is 9.18. The lowest BCUT2D eigenvalue weighted by atomic mass is 10.1. The average Bonchev–Trinajstić information content (AvgIpc) is 2.74. The molecule has 0 spiro atoms. The summed E-state index contributed by atoms with van der Waals surface area (Å²) in [5.74, 6) is 0. The molecule has 2 nitrogen and oxygen atoms in total. The Morgan fingerprint density at radius 2 is 1.88 bits per heavy atom. The van der Waals surface area contributed by atoms with Gasteiger partial charge in [-0.15, -0.1) is 0 Å². The topological polar surface area (TPSA) is 17.3 Å². The molecule has 0 aliphatic carbocycles. The molecule has 0 saturated carbocycles. The Hall–Kier alpha value is -1.61. The minimum absolute atomic E-state index is 0.870. The molecule has 0 amide bonds. The van der Waals surface area contributed by atoms with Gasteiger partial charge in [0.25, 0.3) is 0 Å². The minimum Gasteiger partial charge on any atom is -0.307 e. The molecule has 84 valence electrons. The van der Waals surface area contributed by atoms with E-state index in [2.05, 4.69) is 51.4 Å². The first-order chi connectivity index (χ1) is 8.31. The highest BCUT2D eigenvalue weighted by Gasteiger charge is 2.02. The van der Waals surface area contributed by atoms with Crippen molar-refractivity contribution in [3.63, 3.8) is 0 Å². The van der Waals surface area contributed by atoms with Gasteiger partial charge in [0, 0.05) is 23.3 Å². The Balaban J connectivity index is 1.92. The van der Waals surface area contributed by atoms with Crippen LogP contribution in [0.3, 0.4) is 0 Å². The molecule has 3 aromatic rings. The largest absolute Gasteiger partial charge is 0.307 e. The van der Waals surface area contributed by atoms with Crippen molar-refractivity contribution in [2.75, 3.05) is 0 Å². The lowest BCUT2D eigenvalue weighted by Crippen LogP contribution is -1.87. The molecule has 0 aliphatic heterocycles. The van der Waals surface area contributed by atoms with Gasteiger partial charge in [-0.3, -0.25) is 0 Å². The summed E-state index contributed by atoms with van der Waals surface area (Å²) in [4.78, 5) is 4.58. The second-order valence-corrected chi connectivity index (χ2v) is 4.92. The van der Waals surface area contributed by atoms with Crippen molar-refractivity contribution in [2.45, 2.75) is 6.42 Å². The van der Waals surface area contributed by atoms with Crippen molar-refractivity contribution >= 4 is 21.6 Å². The van der Waals surface area contributed by atoms with E-state index in [-0.39, 0.29) is 0 Å². The van der Waals surface area contributed by atoms with E-state index in [4.69, 9.17) is 0 Å². The van der Waals surface area contributed by atoms with Crippen LogP contribution >= 0.6 is 15.9 Å². The molecule has 0 fully saturated rings. The summed E-state index contributed by atoms with van der Waals surface area (Å²) in [5.41, 5.74) is 3.37. The van der Waals surface area contributed by atoms with Crippen LogP contribution in [0.5, 0.6) is 0 Å². The third-order valence-electron chi connectivity index (χ3n) is 2.71. The first kappa shape index (κ1) is 10.5. The Labute approximate surface area is 108 Å². The number of benzene rings is 1. The molecule has 0 aliphatic rings. The van der Waals surface area contributed by atoms with E-state index >= 15 is 0 Å². The number of rotatable bonds is 2. The SMILES string of the molecule is Brc1ccc(Cc2cn3ccccc3n2)cc1. The maximum atomic E-state index is 4.58. The molecular formula is C14H11BrN2. The van der Waals surface area contributed by atoms with Gasteiger partial charge in [-0.2, -0.15) is 0 Å². The van der Waals surface area contributed by atoms with Crippen LogP contribution in [0, 0.1) is 0 Å². The van der Waals surface area contributed by atoms with Gasteiger partial charge in [0.15, 0.2) is 0 Å². The Morgan fingerprint density at radius 3 is 2.65 bits per heavy atom. The number of hydrogen-bond donors (Lipinski definition) is 0. The maximum absolute atomic E-state index is 4.58. The van der Waals surface area contributed by atoms with E-state index in [1.807, 2.05) is 28.8 Å². The van der Waals surface area contributed by atoms with Crippen molar-refractivity contribution in [2.24, 2.45) is 0 Å². The van der Waals surface area contributed by atoms with Crippen LogP contribution in [0.25, 0.3) is 5.65 Å². The Bertz CT molecular complexity index is 608. The average molecular weight is 287 g/mol. The van der Waals surface area contributed by atoms with Crippen molar-refractivity contribution in [3.05, 3.63) is 70.6 Å². The molecule has 2 heterocycles. The molecule has 3 rings (SSSR count). The van der Waals surface area contributed by atoms with Gasteiger partial charge in [-0.1, -0.05) is 34.1 Å². The quantitative estimate of drug-likeness (QED) is 0.702. The summed E-state index contributed by atoms with van der Waals surface area (Å²) in [5, 5.41) is 0. The number of nitrogens with zero attached hydrogens (tertiary/aromatic N) is 2. The highest BCUT2D eigenvalue weighted by molar-refractivity contribution is 9.10. The standard InChI is InChI=1S/C14H11BrN2/c15-12-6-4-11(5-7-12)9-13-10-17-8-2-1-3-14(17)16-13/h1-8,10H,9H2. The van der Waals surface area contributed by atoms with E-state index in [1.54, 1.807) is 0 Å². The van der Waals surface area contributed by atoms with Gasteiger partial charge in [0.05, 0.1) is 5.69 Å². The highest BCUT2D eigenvalue weighted by atomic mass is 79.9. The first-order valence-electron chi connectivity index (χ1n) is 5.48. The van der Waals surface area contributed by atoms with E-state index in [9.17, 15) is 0 Å². The fraction of sp³-hybridized carbons (Fsp3) is 0.0714. The Kier molecular flexibility index (Phi) is 2.69. The molecule has 2 aromatic heterocycles. The lowest BCUT2D eigenvalue weighted by Gasteiger charge is -1.97. The van der Waals surface area contributed by atoms with Gasteiger partial charge in [-0.25, -0.2) is 4.98 Å². The number of hydrogen-bond acceptors (Lipinski definition) is 1. The third kappa shape index (κ3) is 2.24. The van der Waals surface area contributed by atoms with Crippen LogP contribution in [0.2, 0.25) is 0 Å². The first-order valence-corrected chi connectivity index (χ1v) is 6.28. The third-order valence-corrected chi connectivity index (χ3v) is 3.24. The summed E-state index contributed by atoms with van der Waals surface area (Å²) >= 11 is 3.44. The van der Waals surface area contributed by atoms with Gasteiger partial charge >= 0.3 is 0 Å². The number of pyridine rings is 1. The Morgan fingerprint density at radius 1 is 1.06 bits per heavy atom. The summed E-state index contributed by atoms with van der Waals surface area (Å²) in [6.45, 7) is 0. The number of aromatic nitrogens is 2.